The number of fused-ring (bicyclic) bond motifs is 17. The van der Waals surface area contributed by atoms with Crippen LogP contribution in [0, 0.1) is 47.3 Å². The van der Waals surface area contributed by atoms with Gasteiger partial charge in [0.05, 0.1) is 55.5 Å². The molecule has 4 fully saturated rings. The molecule has 4 saturated carbocycles. The number of para-hydroxylation sites is 6. The van der Waals surface area contributed by atoms with Crippen LogP contribution < -0.4 is 0 Å². The third-order valence-electron chi connectivity index (χ3n) is 28.0. The second kappa shape index (κ2) is 31.2. The number of aromatic nitrogens is 6. The number of allylic oxidation sites excluding steroid dienone is 4. The molecule has 6 nitrogen and oxygen atoms in total. The van der Waals surface area contributed by atoms with Crippen LogP contribution in [0.4, 0.5) is 0 Å². The molecule has 6 aromatic heterocycles. The molecule has 0 radical (unpaired) electrons. The van der Waals surface area contributed by atoms with Crippen molar-refractivity contribution < 1.29 is 0 Å². The molecule has 20 aromatic rings. The first-order chi connectivity index (χ1) is 60.5. The molecule has 0 saturated heterocycles. The van der Waals surface area contributed by atoms with E-state index in [0.717, 1.165) is 36.1 Å². The molecule has 0 amide bonds. The Bertz CT molecular complexity index is 7270. The molecular formula is C116H92N6. The normalized spacial score (nSPS) is 18.8. The predicted molar refractivity (Wildman–Crippen MR) is 511 cm³/mol. The Kier molecular flexibility index (Phi) is 18.7. The largest absolute Gasteiger partial charge is 0.309 e. The van der Waals surface area contributed by atoms with Crippen molar-refractivity contribution >= 4 is 99.4 Å². The molecule has 0 N–H and O–H groups in total. The third kappa shape index (κ3) is 13.3. The van der Waals surface area contributed by atoms with Crippen molar-refractivity contribution in [1.82, 2.24) is 28.2 Å². The van der Waals surface area contributed by atoms with Crippen molar-refractivity contribution in [2.75, 3.05) is 0 Å². The lowest BCUT2D eigenvalue weighted by Gasteiger charge is -2.48. The maximum atomic E-state index is 4.57. The minimum absolute atomic E-state index is 0.527. The molecule has 6 aliphatic rings. The van der Waals surface area contributed by atoms with Gasteiger partial charge in [0.2, 0.25) is 0 Å². The summed E-state index contributed by atoms with van der Waals surface area (Å²) in [7, 11) is 0. The van der Waals surface area contributed by atoms with Gasteiger partial charge in [-0.1, -0.05) is 267 Å². The minimum Gasteiger partial charge on any atom is -0.309 e. The molecular weight excluding hydrogens is 1480 g/mol. The monoisotopic (exact) mass is 1570 g/mol. The van der Waals surface area contributed by atoms with E-state index in [9.17, 15) is 0 Å². The maximum Gasteiger partial charge on any atom is 0.0701 e. The van der Waals surface area contributed by atoms with Crippen LogP contribution in [-0.4, -0.2) is 28.2 Å². The van der Waals surface area contributed by atoms with E-state index >= 15 is 0 Å². The van der Waals surface area contributed by atoms with E-state index in [0.29, 0.717) is 35.5 Å². The number of nitrogens with zero attached hydrogens (tertiary/aromatic N) is 6. The Balaban J connectivity index is 0.000000142. The highest BCUT2D eigenvalue weighted by molar-refractivity contribution is 6.13. The van der Waals surface area contributed by atoms with Crippen molar-refractivity contribution in [3.05, 3.63) is 423 Å². The summed E-state index contributed by atoms with van der Waals surface area (Å²) in [6, 6.07) is 133. The van der Waals surface area contributed by atoms with Crippen LogP contribution in [0.1, 0.15) is 60.8 Å². The van der Waals surface area contributed by atoms with Gasteiger partial charge in [0.25, 0.3) is 0 Å². The molecule has 586 valence electrons. The zero-order valence-electron chi connectivity index (χ0n) is 68.2. The molecule has 4 bridgehead atoms. The summed E-state index contributed by atoms with van der Waals surface area (Å²) in [5.41, 5.74) is 29.2. The summed E-state index contributed by atoms with van der Waals surface area (Å²) < 4.78 is 9.61. The molecule has 26 rings (SSSR count). The van der Waals surface area contributed by atoms with Gasteiger partial charge in [0, 0.05) is 89.4 Å². The first-order valence-electron chi connectivity index (χ1n) is 44.0. The summed E-state index contributed by atoms with van der Waals surface area (Å²) in [5.74, 6) is 5.27. The van der Waals surface area contributed by atoms with Crippen LogP contribution in [0.15, 0.2) is 401 Å². The molecule has 6 aliphatic carbocycles. The van der Waals surface area contributed by atoms with Crippen LogP contribution in [0.5, 0.6) is 0 Å². The number of pyridine rings is 2. The molecule has 4 unspecified atom stereocenters. The Morgan fingerprint density at radius 1 is 0.246 bits per heavy atom. The fraction of sp³-hybridized carbons (Fsp3) is 0.138. The fourth-order valence-corrected chi connectivity index (χ4v) is 22.0. The summed E-state index contributed by atoms with van der Waals surface area (Å²) >= 11 is 0. The van der Waals surface area contributed by atoms with Gasteiger partial charge in [0.15, 0.2) is 0 Å². The number of benzene rings is 14. The van der Waals surface area contributed by atoms with Crippen LogP contribution >= 0.6 is 0 Å². The van der Waals surface area contributed by atoms with Gasteiger partial charge in [-0.25, -0.2) is 0 Å². The van der Waals surface area contributed by atoms with Gasteiger partial charge in [-0.3, -0.25) is 9.97 Å². The Morgan fingerprint density at radius 2 is 0.549 bits per heavy atom. The van der Waals surface area contributed by atoms with Crippen molar-refractivity contribution in [3.63, 3.8) is 0 Å². The zero-order valence-corrected chi connectivity index (χ0v) is 68.2. The summed E-state index contributed by atoms with van der Waals surface area (Å²) in [6.45, 7) is 0. The SMILES string of the molecule is C(=C\C1C2CCC(CC2)[C@@H]1Cc1ccc(-c2ccccn2)cc1)/c1ccc2c(c1)c1ccccc1n2-c1ccc(-c2ccc(-n3c4ccccc4c4ccccc43)cc2)cc1.C1=CC2CCC1C(/C=C/c1ccc3c(c1)c1ccccc1n3-c1ccc(-c3ccc(-n4c5ccccc5c5ccccc54)cc3)cc1)[C@H]2Cc1ccc(-c2ccccn2)cc1. The molecule has 0 aliphatic heterocycles. The minimum atomic E-state index is 0.527. The number of hydrogen-bond donors (Lipinski definition) is 0. The molecule has 0 spiro atoms. The predicted octanol–water partition coefficient (Wildman–Crippen LogP) is 29.6. The standard InChI is InChI=1S/C58H47N3.C58H45N3/c2*1-4-13-55-49(9-1)50-10-2-5-14-56(50)60(55)46-30-26-41(27-31-46)42-28-32-47(33-29-42)61-57-15-6-3-11-51(57)53-38-40(19-35-58(53)61)18-34-48-43-22-24-44(25-23-43)52(48)37-39-16-20-45(21-17-39)54-12-7-8-36-59-54/h1-21,26-36,38,43-44,48,52H,22-25,37H2;1-22,24,26-36,38,43-44,48,52H,23,25,37H2/b2*34-18+/t2*43?,44?,48?,52-/m00/s1. The van der Waals surface area contributed by atoms with E-state index in [2.05, 4.69) is 417 Å². The van der Waals surface area contributed by atoms with Crippen LogP contribution in [0.2, 0.25) is 0 Å². The summed E-state index contributed by atoms with van der Waals surface area (Å²) in [6.07, 6.45) is 29.1. The molecule has 6 heterocycles. The van der Waals surface area contributed by atoms with Gasteiger partial charge in [-0.05, 0) is 277 Å². The Labute approximate surface area is 712 Å². The topological polar surface area (TPSA) is 45.5 Å². The summed E-state index contributed by atoms with van der Waals surface area (Å²) in [5, 5.41) is 10.3. The van der Waals surface area contributed by atoms with E-state index in [-0.39, 0.29) is 0 Å². The smallest absolute Gasteiger partial charge is 0.0701 e. The second-order valence-corrected chi connectivity index (χ2v) is 34.6. The van der Waals surface area contributed by atoms with Gasteiger partial charge in [-0.15, -0.1) is 0 Å². The number of hydrogen-bond acceptors (Lipinski definition) is 2. The second-order valence-electron chi connectivity index (χ2n) is 34.6. The van der Waals surface area contributed by atoms with E-state index in [1.54, 1.807) is 0 Å². The third-order valence-corrected chi connectivity index (χ3v) is 28.0. The average Bonchev–Trinajstić information content (AvgIpc) is 1.61. The first kappa shape index (κ1) is 73.0. The Morgan fingerprint density at radius 3 is 0.902 bits per heavy atom. The highest BCUT2D eigenvalue weighted by Crippen LogP contribution is 2.52. The quantitative estimate of drug-likeness (QED) is 0.0905. The average molecular weight is 1570 g/mol. The summed E-state index contributed by atoms with van der Waals surface area (Å²) in [4.78, 5) is 9.12. The first-order valence-corrected chi connectivity index (χ1v) is 44.0. The van der Waals surface area contributed by atoms with E-state index in [1.165, 1.54) is 204 Å². The van der Waals surface area contributed by atoms with E-state index < -0.39 is 0 Å². The highest BCUT2D eigenvalue weighted by Gasteiger charge is 2.43. The van der Waals surface area contributed by atoms with Crippen LogP contribution in [-0.2, 0) is 12.8 Å². The lowest BCUT2D eigenvalue weighted by atomic mass is 9.57. The van der Waals surface area contributed by atoms with E-state index in [4.69, 9.17) is 0 Å². The van der Waals surface area contributed by atoms with Gasteiger partial charge in [-0.2, -0.15) is 0 Å². The molecule has 122 heavy (non-hydrogen) atoms. The molecule has 14 aromatic carbocycles. The van der Waals surface area contributed by atoms with Crippen LogP contribution in [0.3, 0.4) is 0 Å². The van der Waals surface area contributed by atoms with Crippen molar-refractivity contribution in [2.45, 2.75) is 51.4 Å². The lowest BCUT2D eigenvalue weighted by molar-refractivity contribution is 0.0512. The van der Waals surface area contributed by atoms with E-state index in [1.807, 2.05) is 24.5 Å². The van der Waals surface area contributed by atoms with Crippen LogP contribution in [0.25, 0.3) is 167 Å². The molecule has 6 heteroatoms. The van der Waals surface area contributed by atoms with Gasteiger partial charge >= 0.3 is 0 Å². The van der Waals surface area contributed by atoms with Gasteiger partial charge < -0.3 is 18.3 Å². The van der Waals surface area contributed by atoms with Crippen molar-refractivity contribution in [2.24, 2.45) is 47.3 Å². The van der Waals surface area contributed by atoms with Crippen molar-refractivity contribution in [3.8, 4) is 67.5 Å². The number of rotatable bonds is 16. The lowest BCUT2D eigenvalue weighted by Crippen LogP contribution is -2.40. The fourth-order valence-electron chi connectivity index (χ4n) is 22.0. The Hall–Kier alpha value is -14.2. The van der Waals surface area contributed by atoms with Gasteiger partial charge in [0.1, 0.15) is 0 Å². The maximum absolute atomic E-state index is 4.57. The van der Waals surface area contributed by atoms with Crippen molar-refractivity contribution in [1.29, 1.82) is 0 Å². The molecule has 6 atom stereocenters. The highest BCUT2D eigenvalue weighted by atomic mass is 15.0. The zero-order chi connectivity index (χ0) is 80.6.